The Labute approximate surface area is 154 Å². The van der Waals surface area contributed by atoms with Crippen LogP contribution in [0.4, 0.5) is 8.78 Å². The van der Waals surface area contributed by atoms with Crippen LogP contribution in [0.3, 0.4) is 0 Å². The number of unbranched alkanes of at least 4 members (excludes halogenated alkanes) is 3. The molecule has 0 spiro atoms. The zero-order valence-electron chi connectivity index (χ0n) is 15.3. The summed E-state index contributed by atoms with van der Waals surface area (Å²) in [6, 6.07) is 11.8. The molecule has 2 aromatic rings. The molecular weight excluding hydrogens is 334 g/mol. The molecule has 4 heteroatoms. The maximum Gasteiger partial charge on any atom is 0.169 e. The molecular formula is C22H26F2O2. The first-order chi connectivity index (χ1) is 12.6. The lowest BCUT2D eigenvalue weighted by Gasteiger charge is -2.07. The summed E-state index contributed by atoms with van der Waals surface area (Å²) >= 11 is 0. The Hall–Kier alpha value is -2.23. The average molecular weight is 360 g/mol. The summed E-state index contributed by atoms with van der Waals surface area (Å²) in [5.74, 6) is -1.46. The van der Waals surface area contributed by atoms with Gasteiger partial charge in [0.05, 0.1) is 12.2 Å². The van der Waals surface area contributed by atoms with Gasteiger partial charge in [-0.05, 0) is 55.5 Å². The monoisotopic (exact) mass is 360 g/mol. The van der Waals surface area contributed by atoms with Crippen molar-refractivity contribution in [3.05, 3.63) is 65.2 Å². The van der Waals surface area contributed by atoms with Crippen LogP contribution in [-0.4, -0.2) is 12.4 Å². The highest BCUT2D eigenvalue weighted by Gasteiger charge is 2.14. The van der Waals surface area contributed by atoms with Crippen LogP contribution >= 0.6 is 0 Å². The molecule has 0 atom stereocenters. The smallest absolute Gasteiger partial charge is 0.169 e. The van der Waals surface area contributed by atoms with Crippen molar-refractivity contribution in [2.24, 2.45) is 0 Å². The zero-order chi connectivity index (χ0) is 18.8. The highest BCUT2D eigenvalue weighted by molar-refractivity contribution is 5.96. The first-order valence-corrected chi connectivity index (χ1v) is 9.30. The Morgan fingerprint density at radius 3 is 2.46 bits per heavy atom. The zero-order valence-corrected chi connectivity index (χ0v) is 15.3. The molecule has 0 fully saturated rings. The molecule has 0 amide bonds. The number of ether oxygens (including phenoxy) is 1. The van der Waals surface area contributed by atoms with E-state index in [1.807, 2.05) is 12.1 Å². The molecule has 0 aliphatic rings. The fourth-order valence-corrected chi connectivity index (χ4v) is 2.73. The summed E-state index contributed by atoms with van der Waals surface area (Å²) < 4.78 is 32.4. The number of halogens is 2. The number of carbonyl (C=O) groups excluding carboxylic acids is 1. The van der Waals surface area contributed by atoms with E-state index in [0.29, 0.717) is 6.42 Å². The Morgan fingerprint density at radius 2 is 1.73 bits per heavy atom. The van der Waals surface area contributed by atoms with Crippen LogP contribution in [0.25, 0.3) is 0 Å². The van der Waals surface area contributed by atoms with Crippen molar-refractivity contribution < 1.29 is 18.3 Å². The minimum atomic E-state index is -1.04. The summed E-state index contributed by atoms with van der Waals surface area (Å²) in [5.41, 5.74) is 1.08. The second kappa shape index (κ2) is 10.7. The lowest BCUT2D eigenvalue weighted by atomic mass is 10.0. The largest absolute Gasteiger partial charge is 0.494 e. The van der Waals surface area contributed by atoms with Gasteiger partial charge >= 0.3 is 0 Å². The first-order valence-electron chi connectivity index (χ1n) is 9.30. The van der Waals surface area contributed by atoms with Gasteiger partial charge < -0.3 is 4.74 Å². The van der Waals surface area contributed by atoms with Crippen LogP contribution < -0.4 is 4.74 Å². The minimum Gasteiger partial charge on any atom is -0.494 e. The molecule has 0 radical (unpaired) electrons. The molecule has 0 aliphatic heterocycles. The van der Waals surface area contributed by atoms with Crippen molar-refractivity contribution in [2.45, 2.75) is 51.9 Å². The van der Waals surface area contributed by atoms with E-state index in [1.165, 1.54) is 17.7 Å². The van der Waals surface area contributed by atoms with E-state index in [0.717, 1.165) is 50.5 Å². The van der Waals surface area contributed by atoms with Crippen molar-refractivity contribution in [2.75, 3.05) is 6.61 Å². The lowest BCUT2D eigenvalue weighted by molar-refractivity contribution is 0.0974. The van der Waals surface area contributed by atoms with E-state index >= 15 is 0 Å². The van der Waals surface area contributed by atoms with Crippen LogP contribution in [0.5, 0.6) is 5.75 Å². The predicted molar refractivity (Wildman–Crippen MR) is 99.7 cm³/mol. The van der Waals surface area contributed by atoms with Gasteiger partial charge in [0.1, 0.15) is 5.75 Å². The topological polar surface area (TPSA) is 26.3 Å². The van der Waals surface area contributed by atoms with E-state index in [-0.39, 0.29) is 17.8 Å². The fourth-order valence-electron chi connectivity index (χ4n) is 2.73. The van der Waals surface area contributed by atoms with Gasteiger partial charge in [-0.3, -0.25) is 4.79 Å². The molecule has 2 rings (SSSR count). The minimum absolute atomic E-state index is 0.149. The number of aryl methyl sites for hydroxylation is 1. The van der Waals surface area contributed by atoms with Gasteiger partial charge in [-0.15, -0.1) is 0 Å². The quantitative estimate of drug-likeness (QED) is 0.356. The van der Waals surface area contributed by atoms with Crippen molar-refractivity contribution in [3.8, 4) is 5.75 Å². The van der Waals surface area contributed by atoms with Gasteiger partial charge in [-0.1, -0.05) is 38.0 Å². The summed E-state index contributed by atoms with van der Waals surface area (Å²) in [5, 5.41) is 0. The Kier molecular flexibility index (Phi) is 8.26. The summed E-state index contributed by atoms with van der Waals surface area (Å²) in [7, 11) is 0. The van der Waals surface area contributed by atoms with Gasteiger partial charge in [-0.2, -0.15) is 0 Å². The molecule has 2 nitrogen and oxygen atoms in total. The highest BCUT2D eigenvalue weighted by atomic mass is 19.2. The van der Waals surface area contributed by atoms with Gasteiger partial charge in [0.15, 0.2) is 17.4 Å². The number of carbonyl (C=O) groups is 1. The van der Waals surface area contributed by atoms with Crippen LogP contribution in [0, 0.1) is 11.6 Å². The van der Waals surface area contributed by atoms with Crippen molar-refractivity contribution in [3.63, 3.8) is 0 Å². The fraction of sp³-hybridized carbons (Fsp3) is 0.409. The third-order valence-electron chi connectivity index (χ3n) is 4.31. The third kappa shape index (κ3) is 6.25. The molecule has 140 valence electrons. The maximum absolute atomic E-state index is 13.6. The van der Waals surface area contributed by atoms with Crippen LogP contribution in [-0.2, 0) is 6.42 Å². The number of Topliss-reactive ketones (excluding diaryl/α,β-unsaturated/α-hetero) is 1. The number of ketones is 1. The van der Waals surface area contributed by atoms with Crippen LogP contribution in [0.15, 0.2) is 42.5 Å². The van der Waals surface area contributed by atoms with Gasteiger partial charge in [0.25, 0.3) is 0 Å². The molecule has 0 saturated heterocycles. The molecule has 0 saturated carbocycles. The number of hydrogen-bond donors (Lipinski definition) is 0. The Morgan fingerprint density at radius 1 is 0.962 bits per heavy atom. The van der Waals surface area contributed by atoms with E-state index < -0.39 is 11.6 Å². The predicted octanol–water partition coefficient (Wildman–Crippen LogP) is 6.13. The lowest BCUT2D eigenvalue weighted by Crippen LogP contribution is -2.04. The van der Waals surface area contributed by atoms with Crippen molar-refractivity contribution in [1.29, 1.82) is 0 Å². The van der Waals surface area contributed by atoms with Gasteiger partial charge in [-0.25, -0.2) is 8.78 Å². The highest BCUT2D eigenvalue weighted by Crippen LogP contribution is 2.17. The summed E-state index contributed by atoms with van der Waals surface area (Å²) in [4.78, 5) is 12.0. The molecule has 0 heterocycles. The molecule has 0 N–H and O–H groups in total. The van der Waals surface area contributed by atoms with E-state index in [9.17, 15) is 13.6 Å². The average Bonchev–Trinajstić information content (AvgIpc) is 2.65. The Balaban J connectivity index is 1.67. The third-order valence-corrected chi connectivity index (χ3v) is 4.31. The van der Waals surface area contributed by atoms with E-state index in [1.54, 1.807) is 0 Å². The molecule has 0 aromatic heterocycles. The molecule has 0 unspecified atom stereocenters. The second-order valence-electron chi connectivity index (χ2n) is 6.43. The van der Waals surface area contributed by atoms with Gasteiger partial charge in [0.2, 0.25) is 0 Å². The van der Waals surface area contributed by atoms with Crippen LogP contribution in [0.1, 0.15) is 61.4 Å². The number of benzene rings is 2. The molecule has 2 aromatic carbocycles. The van der Waals surface area contributed by atoms with Crippen LogP contribution in [0.2, 0.25) is 0 Å². The molecule has 0 bridgehead atoms. The van der Waals surface area contributed by atoms with Crippen molar-refractivity contribution >= 4 is 5.78 Å². The standard InChI is InChI=1S/C22H26F2O2/c1-2-3-16-26-18-14-12-17(13-15-18)8-5-4-6-11-21(25)19-9-7-10-20(23)22(19)24/h7,9-10,12-15H,2-6,8,11,16H2,1H3. The molecule has 0 aliphatic carbocycles. The van der Waals surface area contributed by atoms with Gasteiger partial charge in [0, 0.05) is 6.42 Å². The summed E-state index contributed by atoms with van der Waals surface area (Å²) in [6.07, 6.45) is 5.84. The Bertz CT molecular complexity index is 696. The maximum atomic E-state index is 13.6. The normalized spacial score (nSPS) is 10.7. The summed E-state index contributed by atoms with van der Waals surface area (Å²) in [6.45, 7) is 2.88. The number of hydrogen-bond acceptors (Lipinski definition) is 2. The SMILES string of the molecule is CCCCOc1ccc(CCCCCC(=O)c2cccc(F)c2F)cc1. The second-order valence-corrected chi connectivity index (χ2v) is 6.43. The van der Waals surface area contributed by atoms with Crippen molar-refractivity contribution in [1.82, 2.24) is 0 Å². The number of rotatable bonds is 11. The van der Waals surface area contributed by atoms with E-state index in [4.69, 9.17) is 4.74 Å². The molecule has 26 heavy (non-hydrogen) atoms. The van der Waals surface area contributed by atoms with E-state index in [2.05, 4.69) is 19.1 Å². The first kappa shape index (κ1) is 20.1.